The Morgan fingerprint density at radius 1 is 1.25 bits per heavy atom. The van der Waals surface area contributed by atoms with E-state index in [0.717, 1.165) is 11.3 Å². The van der Waals surface area contributed by atoms with Crippen LogP contribution in [-0.2, 0) is 9.59 Å². The maximum Gasteiger partial charge on any atom is 0.318 e. The summed E-state index contributed by atoms with van der Waals surface area (Å²) in [5.74, 6) is -0.999. The fraction of sp³-hybridized carbons (Fsp3) is 0.308. The van der Waals surface area contributed by atoms with Crippen LogP contribution >= 0.6 is 0 Å². The molecule has 108 valence electrons. The minimum absolute atomic E-state index is 0.0837. The van der Waals surface area contributed by atoms with Crippen LogP contribution in [0, 0.1) is 6.92 Å². The first-order chi connectivity index (χ1) is 9.38. The Labute approximate surface area is 116 Å². The Hall–Kier alpha value is -2.57. The summed E-state index contributed by atoms with van der Waals surface area (Å²) in [5.41, 5.74) is 11.8. The molecule has 0 radical (unpaired) electrons. The molecule has 1 rings (SSSR count). The Bertz CT molecular complexity index is 516. The molecule has 0 aliphatic rings. The van der Waals surface area contributed by atoms with E-state index in [1.807, 2.05) is 36.5 Å². The zero-order valence-corrected chi connectivity index (χ0v) is 11.3. The maximum absolute atomic E-state index is 11.6. The van der Waals surface area contributed by atoms with Crippen molar-refractivity contribution >= 4 is 23.5 Å². The van der Waals surface area contributed by atoms with Crippen LogP contribution in [0.2, 0.25) is 0 Å². The molecule has 1 aromatic rings. The number of imide groups is 1. The molecule has 0 aromatic heterocycles. The van der Waals surface area contributed by atoms with Crippen LogP contribution in [0.3, 0.4) is 0 Å². The van der Waals surface area contributed by atoms with Crippen LogP contribution in [0.25, 0.3) is 0 Å². The third kappa shape index (κ3) is 5.38. The summed E-state index contributed by atoms with van der Waals surface area (Å²) in [6, 6.07) is 6.53. The van der Waals surface area contributed by atoms with Crippen LogP contribution in [-0.4, -0.2) is 30.9 Å². The second-order valence-corrected chi connectivity index (χ2v) is 4.39. The summed E-state index contributed by atoms with van der Waals surface area (Å²) < 4.78 is 0. The molecule has 7 heteroatoms. The molecule has 0 bridgehead atoms. The molecule has 5 N–H and O–H groups in total. The average Bonchev–Trinajstić information content (AvgIpc) is 2.33. The van der Waals surface area contributed by atoms with E-state index in [4.69, 9.17) is 11.5 Å². The second-order valence-electron chi connectivity index (χ2n) is 4.39. The van der Waals surface area contributed by atoms with Crippen molar-refractivity contribution in [3.8, 4) is 0 Å². The van der Waals surface area contributed by atoms with Crippen LogP contribution in [0.5, 0.6) is 0 Å². The van der Waals surface area contributed by atoms with Crippen molar-refractivity contribution in [3.05, 3.63) is 29.8 Å². The van der Waals surface area contributed by atoms with Gasteiger partial charge in [-0.25, -0.2) is 4.79 Å². The van der Waals surface area contributed by atoms with E-state index >= 15 is 0 Å². The van der Waals surface area contributed by atoms with Crippen molar-refractivity contribution in [1.82, 2.24) is 5.32 Å². The molecule has 0 fully saturated rings. The van der Waals surface area contributed by atoms with Gasteiger partial charge in [-0.05, 0) is 24.6 Å². The number of urea groups is 1. The van der Waals surface area contributed by atoms with Gasteiger partial charge in [0, 0.05) is 18.7 Å². The number of nitrogens with one attached hydrogen (secondary N) is 1. The first-order valence-electron chi connectivity index (χ1n) is 6.07. The number of rotatable bonds is 6. The van der Waals surface area contributed by atoms with Gasteiger partial charge in [0.25, 0.3) is 0 Å². The highest BCUT2D eigenvalue weighted by Crippen LogP contribution is 2.15. The molecule has 0 spiro atoms. The zero-order valence-electron chi connectivity index (χ0n) is 11.3. The summed E-state index contributed by atoms with van der Waals surface area (Å²) in [7, 11) is 0. The van der Waals surface area contributed by atoms with Crippen molar-refractivity contribution in [3.63, 3.8) is 0 Å². The minimum atomic E-state index is -0.908. The highest BCUT2D eigenvalue weighted by atomic mass is 16.2. The molecule has 20 heavy (non-hydrogen) atoms. The van der Waals surface area contributed by atoms with E-state index in [2.05, 4.69) is 0 Å². The summed E-state index contributed by atoms with van der Waals surface area (Å²) in [5, 5.41) is 1.99. The van der Waals surface area contributed by atoms with Gasteiger partial charge in [0.1, 0.15) is 0 Å². The average molecular weight is 278 g/mol. The van der Waals surface area contributed by atoms with Crippen molar-refractivity contribution in [2.75, 3.05) is 18.0 Å². The summed E-state index contributed by atoms with van der Waals surface area (Å²) >= 11 is 0. The lowest BCUT2D eigenvalue weighted by Gasteiger charge is -2.23. The predicted molar refractivity (Wildman–Crippen MR) is 74.9 cm³/mol. The van der Waals surface area contributed by atoms with E-state index in [1.54, 1.807) is 4.90 Å². The van der Waals surface area contributed by atoms with Gasteiger partial charge in [-0.3, -0.25) is 14.9 Å². The standard InChI is InChI=1S/C13H18N4O3/c1-9-3-2-4-10(7-9)17(6-5-11(14)18)8-12(19)16-13(15)20/h2-4,7H,5-6,8H2,1H3,(H2,14,18)(H3,15,16,19,20). The smallest absolute Gasteiger partial charge is 0.318 e. The monoisotopic (exact) mass is 278 g/mol. The van der Waals surface area contributed by atoms with Crippen molar-refractivity contribution < 1.29 is 14.4 Å². The van der Waals surface area contributed by atoms with E-state index in [0.29, 0.717) is 0 Å². The second kappa shape index (κ2) is 7.13. The summed E-state index contributed by atoms with van der Waals surface area (Å²) in [6.45, 7) is 2.11. The van der Waals surface area contributed by atoms with Crippen LogP contribution in [0.15, 0.2) is 24.3 Å². The first kappa shape index (κ1) is 15.5. The molecule has 0 heterocycles. The number of hydrogen-bond acceptors (Lipinski definition) is 4. The number of carbonyl (C=O) groups is 3. The molecule has 4 amide bonds. The van der Waals surface area contributed by atoms with Gasteiger partial charge in [0.2, 0.25) is 11.8 Å². The number of hydrogen-bond donors (Lipinski definition) is 3. The van der Waals surface area contributed by atoms with E-state index in [-0.39, 0.29) is 19.5 Å². The zero-order chi connectivity index (χ0) is 15.1. The number of carbonyl (C=O) groups excluding carboxylic acids is 3. The Morgan fingerprint density at radius 2 is 1.95 bits per heavy atom. The van der Waals surface area contributed by atoms with Gasteiger partial charge in [0.15, 0.2) is 0 Å². The van der Waals surface area contributed by atoms with E-state index in [9.17, 15) is 14.4 Å². The number of aryl methyl sites for hydroxylation is 1. The lowest BCUT2D eigenvalue weighted by molar-refractivity contribution is -0.119. The number of nitrogens with zero attached hydrogens (tertiary/aromatic N) is 1. The number of primary amides is 2. The van der Waals surface area contributed by atoms with Crippen molar-refractivity contribution in [2.45, 2.75) is 13.3 Å². The third-order valence-corrected chi connectivity index (χ3v) is 2.59. The largest absolute Gasteiger partial charge is 0.370 e. The van der Waals surface area contributed by atoms with Crippen LogP contribution in [0.1, 0.15) is 12.0 Å². The number of benzene rings is 1. The molecule has 7 nitrogen and oxygen atoms in total. The van der Waals surface area contributed by atoms with Crippen LogP contribution < -0.4 is 21.7 Å². The third-order valence-electron chi connectivity index (χ3n) is 2.59. The molecule has 0 aliphatic carbocycles. The normalized spacial score (nSPS) is 9.85. The van der Waals surface area contributed by atoms with Crippen molar-refractivity contribution in [1.29, 1.82) is 0 Å². The fourth-order valence-electron chi connectivity index (χ4n) is 1.72. The Balaban J connectivity index is 2.81. The number of amides is 4. The van der Waals surface area contributed by atoms with E-state index in [1.165, 1.54) is 0 Å². The highest BCUT2D eigenvalue weighted by molar-refractivity contribution is 5.95. The molecular weight excluding hydrogens is 260 g/mol. The van der Waals surface area contributed by atoms with Gasteiger partial charge in [-0.15, -0.1) is 0 Å². The summed E-state index contributed by atoms with van der Waals surface area (Å²) in [6.07, 6.45) is 0.109. The molecule has 0 atom stereocenters. The molecule has 1 aromatic carbocycles. The van der Waals surface area contributed by atoms with Crippen molar-refractivity contribution in [2.24, 2.45) is 11.5 Å². The summed E-state index contributed by atoms with van der Waals surface area (Å²) in [4.78, 5) is 34.8. The first-order valence-corrected chi connectivity index (χ1v) is 6.07. The lowest BCUT2D eigenvalue weighted by Crippen LogP contribution is -2.43. The lowest BCUT2D eigenvalue weighted by atomic mass is 10.2. The topological polar surface area (TPSA) is 119 Å². The van der Waals surface area contributed by atoms with Gasteiger partial charge in [-0.1, -0.05) is 12.1 Å². The predicted octanol–water partition coefficient (Wildman–Crippen LogP) is -0.128. The SMILES string of the molecule is Cc1cccc(N(CCC(N)=O)CC(=O)NC(N)=O)c1. The van der Waals surface area contributed by atoms with Crippen LogP contribution in [0.4, 0.5) is 10.5 Å². The quantitative estimate of drug-likeness (QED) is 0.671. The highest BCUT2D eigenvalue weighted by Gasteiger charge is 2.13. The maximum atomic E-state index is 11.6. The molecular formula is C13H18N4O3. The number of nitrogens with two attached hydrogens (primary N) is 2. The molecule has 0 unspecified atom stereocenters. The molecule has 0 saturated carbocycles. The number of anilines is 1. The Morgan fingerprint density at radius 3 is 2.50 bits per heavy atom. The fourth-order valence-corrected chi connectivity index (χ4v) is 1.72. The van der Waals surface area contributed by atoms with Gasteiger partial charge < -0.3 is 16.4 Å². The Kier molecular flexibility index (Phi) is 5.52. The molecule has 0 aliphatic heterocycles. The minimum Gasteiger partial charge on any atom is -0.370 e. The van der Waals surface area contributed by atoms with Gasteiger partial charge in [-0.2, -0.15) is 0 Å². The van der Waals surface area contributed by atoms with Gasteiger partial charge in [0.05, 0.1) is 6.54 Å². The molecule has 0 saturated heterocycles. The van der Waals surface area contributed by atoms with E-state index < -0.39 is 17.8 Å². The van der Waals surface area contributed by atoms with Gasteiger partial charge >= 0.3 is 6.03 Å².